The van der Waals surface area contributed by atoms with Gasteiger partial charge >= 0.3 is 11.9 Å². The first kappa shape index (κ1) is 23.7. The Morgan fingerprint density at radius 1 is 1.18 bits per heavy atom. The summed E-state index contributed by atoms with van der Waals surface area (Å²) in [6, 6.07) is 6.81. The Bertz CT molecular complexity index is 1220. The summed E-state index contributed by atoms with van der Waals surface area (Å²) in [4.78, 5) is 46.1. The van der Waals surface area contributed by atoms with E-state index in [1.807, 2.05) is 13.8 Å². The van der Waals surface area contributed by atoms with Crippen LogP contribution in [0.3, 0.4) is 0 Å². The SMILES string of the molecule is COC(=O)c1c(NC(=O)COC(=O)c2ccc(-c3nc(C)c(C)[nH]3)cc2)sc2c1CCC(C)C2. The molecule has 0 aliphatic heterocycles. The van der Waals surface area contributed by atoms with Gasteiger partial charge in [-0.05, 0) is 56.7 Å². The van der Waals surface area contributed by atoms with Gasteiger partial charge < -0.3 is 19.8 Å². The van der Waals surface area contributed by atoms with Crippen LogP contribution in [0.5, 0.6) is 0 Å². The van der Waals surface area contributed by atoms with Gasteiger partial charge in [0.2, 0.25) is 0 Å². The van der Waals surface area contributed by atoms with Crippen molar-refractivity contribution in [1.82, 2.24) is 9.97 Å². The molecule has 1 aliphatic rings. The van der Waals surface area contributed by atoms with Gasteiger partial charge in [0.1, 0.15) is 10.8 Å². The van der Waals surface area contributed by atoms with E-state index < -0.39 is 24.5 Å². The van der Waals surface area contributed by atoms with E-state index in [9.17, 15) is 14.4 Å². The van der Waals surface area contributed by atoms with Gasteiger partial charge in [-0.1, -0.05) is 19.1 Å². The number of aromatic nitrogens is 2. The minimum atomic E-state index is -0.610. The lowest BCUT2D eigenvalue weighted by Gasteiger charge is -2.18. The number of esters is 2. The molecule has 2 N–H and O–H groups in total. The molecule has 9 heteroatoms. The number of nitrogens with one attached hydrogen (secondary N) is 2. The maximum Gasteiger partial charge on any atom is 0.341 e. The topological polar surface area (TPSA) is 110 Å². The molecular formula is C25H27N3O5S. The van der Waals surface area contributed by atoms with Crippen molar-refractivity contribution in [3.8, 4) is 11.4 Å². The highest BCUT2D eigenvalue weighted by Crippen LogP contribution is 2.40. The lowest BCUT2D eigenvalue weighted by molar-refractivity contribution is -0.119. The zero-order valence-electron chi connectivity index (χ0n) is 19.6. The van der Waals surface area contributed by atoms with Crippen molar-refractivity contribution in [2.24, 2.45) is 5.92 Å². The molecule has 1 atom stereocenters. The third-order valence-electron chi connectivity index (χ3n) is 6.01. The number of benzene rings is 1. The van der Waals surface area contributed by atoms with E-state index in [4.69, 9.17) is 9.47 Å². The van der Waals surface area contributed by atoms with Gasteiger partial charge in [0, 0.05) is 16.1 Å². The summed E-state index contributed by atoms with van der Waals surface area (Å²) in [7, 11) is 1.32. The van der Waals surface area contributed by atoms with E-state index >= 15 is 0 Å². The van der Waals surface area contributed by atoms with Crippen LogP contribution in [-0.4, -0.2) is 41.5 Å². The first-order valence-electron chi connectivity index (χ1n) is 11.1. The van der Waals surface area contributed by atoms with E-state index in [0.29, 0.717) is 22.0 Å². The minimum Gasteiger partial charge on any atom is -0.465 e. The third kappa shape index (κ3) is 4.89. The molecule has 2 heterocycles. The summed E-state index contributed by atoms with van der Waals surface area (Å²) >= 11 is 1.39. The lowest BCUT2D eigenvalue weighted by Crippen LogP contribution is -2.22. The number of H-pyrrole nitrogens is 1. The molecule has 1 unspecified atom stereocenters. The molecule has 1 aromatic carbocycles. The normalized spacial score (nSPS) is 14.9. The van der Waals surface area contributed by atoms with Gasteiger partial charge in [0.25, 0.3) is 5.91 Å². The standard InChI is InChI=1S/C25H27N3O5S/c1-13-5-10-18-19(11-13)34-23(21(18)25(31)32-4)28-20(29)12-33-24(30)17-8-6-16(7-9-17)22-26-14(2)15(3)27-22/h6-9,13H,5,10-12H2,1-4H3,(H,26,27)(H,28,29). The number of methoxy groups -OCH3 is 1. The Balaban J connectivity index is 1.39. The van der Waals surface area contributed by atoms with Crippen LogP contribution >= 0.6 is 11.3 Å². The van der Waals surface area contributed by atoms with Crippen LogP contribution in [-0.2, 0) is 27.1 Å². The van der Waals surface area contributed by atoms with Crippen molar-refractivity contribution in [2.45, 2.75) is 40.0 Å². The zero-order chi connectivity index (χ0) is 24.4. The number of amides is 1. The summed E-state index contributed by atoms with van der Waals surface area (Å²) in [5.74, 6) is -0.345. The van der Waals surface area contributed by atoms with Crippen molar-refractivity contribution >= 4 is 34.2 Å². The van der Waals surface area contributed by atoms with Gasteiger partial charge in [-0.25, -0.2) is 14.6 Å². The van der Waals surface area contributed by atoms with Crippen LogP contribution in [0.1, 0.15) is 55.9 Å². The molecule has 1 amide bonds. The van der Waals surface area contributed by atoms with Gasteiger partial charge in [0.05, 0.1) is 23.9 Å². The number of hydrogen-bond donors (Lipinski definition) is 2. The van der Waals surface area contributed by atoms with E-state index in [2.05, 4.69) is 22.2 Å². The Morgan fingerprint density at radius 2 is 1.91 bits per heavy atom. The van der Waals surface area contributed by atoms with Crippen LogP contribution in [0.25, 0.3) is 11.4 Å². The molecule has 0 radical (unpaired) electrons. The number of hydrogen-bond acceptors (Lipinski definition) is 7. The van der Waals surface area contributed by atoms with Crippen molar-refractivity contribution < 1.29 is 23.9 Å². The molecule has 4 rings (SSSR count). The summed E-state index contributed by atoms with van der Waals surface area (Å²) in [6.45, 7) is 5.58. The maximum atomic E-state index is 12.5. The average molecular weight is 482 g/mol. The molecule has 3 aromatic rings. The molecule has 0 saturated carbocycles. The molecule has 178 valence electrons. The van der Waals surface area contributed by atoms with Crippen molar-refractivity contribution in [2.75, 3.05) is 19.0 Å². The van der Waals surface area contributed by atoms with Crippen molar-refractivity contribution in [3.05, 3.63) is 57.2 Å². The lowest BCUT2D eigenvalue weighted by atomic mass is 9.88. The van der Waals surface area contributed by atoms with Gasteiger partial charge in [-0.2, -0.15) is 0 Å². The number of aryl methyl sites for hydroxylation is 2. The molecule has 0 bridgehead atoms. The molecule has 34 heavy (non-hydrogen) atoms. The highest BCUT2D eigenvalue weighted by Gasteiger charge is 2.29. The summed E-state index contributed by atoms with van der Waals surface area (Å²) in [5.41, 5.74) is 4.43. The summed E-state index contributed by atoms with van der Waals surface area (Å²) < 4.78 is 10.1. The van der Waals surface area contributed by atoms with E-state index in [1.54, 1.807) is 24.3 Å². The van der Waals surface area contributed by atoms with Gasteiger partial charge in [-0.15, -0.1) is 11.3 Å². The summed E-state index contributed by atoms with van der Waals surface area (Å²) in [5, 5.41) is 3.18. The fourth-order valence-corrected chi connectivity index (χ4v) is 5.40. The molecule has 8 nitrogen and oxygen atoms in total. The molecule has 1 aliphatic carbocycles. The van der Waals surface area contributed by atoms with Crippen LogP contribution in [0, 0.1) is 19.8 Å². The number of thiophene rings is 1. The van der Waals surface area contributed by atoms with Crippen LogP contribution in [0.15, 0.2) is 24.3 Å². The average Bonchev–Trinajstić information content (AvgIpc) is 3.35. The first-order chi connectivity index (χ1) is 16.3. The van der Waals surface area contributed by atoms with Crippen molar-refractivity contribution in [1.29, 1.82) is 0 Å². The Hall–Kier alpha value is -3.46. The number of rotatable bonds is 6. The van der Waals surface area contributed by atoms with Crippen LogP contribution in [0.2, 0.25) is 0 Å². The number of aromatic amines is 1. The largest absolute Gasteiger partial charge is 0.465 e. The quantitative estimate of drug-likeness (QED) is 0.503. The molecule has 2 aromatic heterocycles. The van der Waals surface area contributed by atoms with E-state index in [1.165, 1.54) is 18.4 Å². The molecule has 0 fully saturated rings. The number of imidazole rings is 1. The number of fused-ring (bicyclic) bond motifs is 1. The van der Waals surface area contributed by atoms with Crippen LogP contribution < -0.4 is 5.32 Å². The number of anilines is 1. The first-order valence-corrected chi connectivity index (χ1v) is 11.9. The predicted molar refractivity (Wildman–Crippen MR) is 129 cm³/mol. The molecular weight excluding hydrogens is 454 g/mol. The fraction of sp³-hybridized carbons (Fsp3) is 0.360. The number of carbonyl (C=O) groups is 3. The monoisotopic (exact) mass is 481 g/mol. The molecule has 0 saturated heterocycles. The Kier molecular flexibility index (Phi) is 6.83. The Labute approximate surface area is 201 Å². The second-order valence-electron chi connectivity index (χ2n) is 8.54. The zero-order valence-corrected chi connectivity index (χ0v) is 20.4. The minimum absolute atomic E-state index is 0.326. The van der Waals surface area contributed by atoms with Gasteiger partial charge in [-0.3, -0.25) is 4.79 Å². The number of nitrogens with zero attached hydrogens (tertiary/aromatic N) is 1. The fourth-order valence-electron chi connectivity index (χ4n) is 3.98. The molecule has 0 spiro atoms. The predicted octanol–water partition coefficient (Wildman–Crippen LogP) is 4.46. The highest BCUT2D eigenvalue weighted by atomic mass is 32.1. The van der Waals surface area contributed by atoms with E-state index in [0.717, 1.165) is 52.5 Å². The maximum absolute atomic E-state index is 12.5. The smallest absolute Gasteiger partial charge is 0.341 e. The number of carbonyl (C=O) groups excluding carboxylic acids is 3. The number of ether oxygens (including phenoxy) is 2. The van der Waals surface area contributed by atoms with Gasteiger partial charge in [0.15, 0.2) is 6.61 Å². The third-order valence-corrected chi connectivity index (χ3v) is 7.18. The Morgan fingerprint density at radius 3 is 2.56 bits per heavy atom. The van der Waals surface area contributed by atoms with Crippen LogP contribution in [0.4, 0.5) is 5.00 Å². The van der Waals surface area contributed by atoms with Crippen molar-refractivity contribution in [3.63, 3.8) is 0 Å². The summed E-state index contributed by atoms with van der Waals surface area (Å²) in [6.07, 6.45) is 2.62. The second-order valence-corrected chi connectivity index (χ2v) is 9.65. The second kappa shape index (κ2) is 9.80. The van der Waals surface area contributed by atoms with E-state index in [-0.39, 0.29) is 0 Å². The highest BCUT2D eigenvalue weighted by molar-refractivity contribution is 7.17.